The molecule has 1 aliphatic heterocycles. The molecule has 0 unspecified atom stereocenters. The van der Waals surface area contributed by atoms with Gasteiger partial charge >= 0.3 is 5.97 Å². The molecule has 0 atom stereocenters. The fraction of sp³-hybridized carbons (Fsp3) is 0.368. The number of aryl methyl sites for hydroxylation is 1. The van der Waals surface area contributed by atoms with Crippen LogP contribution in [0.25, 0.3) is 11.3 Å². The van der Waals surface area contributed by atoms with Gasteiger partial charge in [-0.15, -0.1) is 0 Å². The normalized spacial score (nSPS) is 15.3. The first-order valence-corrected chi connectivity index (χ1v) is 8.27. The van der Waals surface area contributed by atoms with Crippen LogP contribution in [0.1, 0.15) is 17.5 Å². The van der Waals surface area contributed by atoms with Crippen molar-refractivity contribution in [3.05, 3.63) is 53.7 Å². The lowest BCUT2D eigenvalue weighted by atomic mass is 10.0. The number of nitrogens with zero attached hydrogens (tertiary/aromatic N) is 2. The fourth-order valence-corrected chi connectivity index (χ4v) is 2.80. The molecule has 0 saturated carbocycles. The lowest BCUT2D eigenvalue weighted by molar-refractivity contribution is -0.136. The van der Waals surface area contributed by atoms with Gasteiger partial charge in [0, 0.05) is 37.8 Å². The number of ether oxygens (including phenoxy) is 1. The summed E-state index contributed by atoms with van der Waals surface area (Å²) in [4.78, 5) is 17.6. The van der Waals surface area contributed by atoms with E-state index in [0.717, 1.165) is 49.7 Å². The number of pyridine rings is 1. The van der Waals surface area contributed by atoms with Crippen molar-refractivity contribution in [3.8, 4) is 11.3 Å². The van der Waals surface area contributed by atoms with Crippen LogP contribution in [0.5, 0.6) is 0 Å². The van der Waals surface area contributed by atoms with Crippen molar-refractivity contribution in [2.24, 2.45) is 0 Å². The molecule has 0 radical (unpaired) electrons. The van der Waals surface area contributed by atoms with Crippen LogP contribution < -0.4 is 0 Å². The van der Waals surface area contributed by atoms with Gasteiger partial charge in [-0.05, 0) is 23.6 Å². The third-order valence-corrected chi connectivity index (χ3v) is 4.21. The lowest BCUT2D eigenvalue weighted by Gasteiger charge is -2.26. The van der Waals surface area contributed by atoms with Gasteiger partial charge in [0.2, 0.25) is 0 Å². The molecule has 1 aromatic carbocycles. The Bertz CT molecular complexity index is 662. The number of hydrogen-bond donors (Lipinski definition) is 1. The molecule has 0 amide bonds. The van der Waals surface area contributed by atoms with Crippen LogP contribution in [0.3, 0.4) is 0 Å². The maximum Gasteiger partial charge on any atom is 0.303 e. The first-order valence-electron chi connectivity index (χ1n) is 8.27. The van der Waals surface area contributed by atoms with Crippen molar-refractivity contribution in [2.45, 2.75) is 19.4 Å². The van der Waals surface area contributed by atoms with Crippen LogP contribution in [0, 0.1) is 0 Å². The Morgan fingerprint density at radius 1 is 1.08 bits per heavy atom. The van der Waals surface area contributed by atoms with E-state index in [2.05, 4.69) is 16.0 Å². The molecule has 5 heteroatoms. The number of carboxylic acid groups (broad SMARTS) is 1. The van der Waals surface area contributed by atoms with Crippen LogP contribution in [-0.2, 0) is 22.5 Å². The number of morpholine rings is 1. The van der Waals surface area contributed by atoms with E-state index in [1.54, 1.807) is 0 Å². The van der Waals surface area contributed by atoms with Gasteiger partial charge in [0.05, 0.1) is 18.9 Å². The highest BCUT2D eigenvalue weighted by Crippen LogP contribution is 2.19. The van der Waals surface area contributed by atoms with Crippen LogP contribution in [-0.4, -0.2) is 47.3 Å². The van der Waals surface area contributed by atoms with Gasteiger partial charge in [-0.3, -0.25) is 14.7 Å². The zero-order chi connectivity index (χ0) is 16.8. The average Bonchev–Trinajstić information content (AvgIpc) is 2.62. The maximum absolute atomic E-state index is 10.6. The van der Waals surface area contributed by atoms with Gasteiger partial charge in [0.15, 0.2) is 0 Å². The molecule has 1 N–H and O–H groups in total. The van der Waals surface area contributed by atoms with E-state index in [0.29, 0.717) is 6.42 Å². The van der Waals surface area contributed by atoms with Crippen LogP contribution in [0.15, 0.2) is 42.6 Å². The molecule has 24 heavy (non-hydrogen) atoms. The minimum atomic E-state index is -0.767. The van der Waals surface area contributed by atoms with E-state index < -0.39 is 5.97 Å². The van der Waals surface area contributed by atoms with Crippen LogP contribution in [0.2, 0.25) is 0 Å². The van der Waals surface area contributed by atoms with Crippen molar-refractivity contribution in [3.63, 3.8) is 0 Å². The number of rotatable bonds is 6. The molecule has 1 aliphatic rings. The number of hydrogen-bond acceptors (Lipinski definition) is 4. The highest BCUT2D eigenvalue weighted by atomic mass is 16.5. The predicted molar refractivity (Wildman–Crippen MR) is 91.7 cm³/mol. The van der Waals surface area contributed by atoms with Gasteiger partial charge in [-0.1, -0.05) is 30.3 Å². The zero-order valence-electron chi connectivity index (χ0n) is 13.6. The van der Waals surface area contributed by atoms with Crippen molar-refractivity contribution in [1.82, 2.24) is 9.88 Å². The molecule has 126 valence electrons. The van der Waals surface area contributed by atoms with E-state index in [-0.39, 0.29) is 6.42 Å². The summed E-state index contributed by atoms with van der Waals surface area (Å²) in [6.07, 6.45) is 2.65. The Morgan fingerprint density at radius 2 is 1.79 bits per heavy atom. The highest BCUT2D eigenvalue weighted by Gasteiger charge is 2.11. The Kier molecular flexibility index (Phi) is 5.56. The van der Waals surface area contributed by atoms with Gasteiger partial charge in [0.1, 0.15) is 0 Å². The van der Waals surface area contributed by atoms with Gasteiger partial charge in [0.25, 0.3) is 0 Å². The first kappa shape index (κ1) is 16.6. The quantitative estimate of drug-likeness (QED) is 0.884. The smallest absolute Gasteiger partial charge is 0.303 e. The predicted octanol–water partition coefficient (Wildman–Crippen LogP) is 2.60. The van der Waals surface area contributed by atoms with Gasteiger partial charge < -0.3 is 9.84 Å². The standard InChI is InChI=1S/C19H22N2O3/c22-19(23)8-4-15-1-5-17(6-2-15)18-7-3-16(13-20-18)14-21-9-11-24-12-10-21/h1-3,5-7,13H,4,8-12,14H2,(H,22,23). The molecule has 2 heterocycles. The summed E-state index contributed by atoms with van der Waals surface area (Å²) in [5.74, 6) is -0.767. The largest absolute Gasteiger partial charge is 0.481 e. The minimum absolute atomic E-state index is 0.161. The summed E-state index contributed by atoms with van der Waals surface area (Å²) in [6.45, 7) is 4.46. The maximum atomic E-state index is 10.6. The summed E-state index contributed by atoms with van der Waals surface area (Å²) in [6, 6.07) is 12.1. The third kappa shape index (κ3) is 4.63. The molecule has 0 spiro atoms. The molecular formula is C19H22N2O3. The van der Waals surface area contributed by atoms with E-state index in [1.165, 1.54) is 5.56 Å². The summed E-state index contributed by atoms with van der Waals surface area (Å²) in [5.41, 5.74) is 4.22. The van der Waals surface area contributed by atoms with Crippen LogP contribution in [0.4, 0.5) is 0 Å². The monoisotopic (exact) mass is 326 g/mol. The topological polar surface area (TPSA) is 62.7 Å². The molecule has 0 aliphatic carbocycles. The number of aliphatic carboxylic acids is 1. The Morgan fingerprint density at radius 3 is 2.42 bits per heavy atom. The Labute approximate surface area is 141 Å². The van der Waals surface area contributed by atoms with Crippen molar-refractivity contribution >= 4 is 5.97 Å². The van der Waals surface area contributed by atoms with Crippen molar-refractivity contribution in [2.75, 3.05) is 26.3 Å². The summed E-state index contributed by atoms with van der Waals surface area (Å²) < 4.78 is 5.36. The second-order valence-corrected chi connectivity index (χ2v) is 6.03. The molecule has 1 fully saturated rings. The number of aromatic nitrogens is 1. The molecule has 2 aromatic rings. The number of benzene rings is 1. The molecule has 0 bridgehead atoms. The second-order valence-electron chi connectivity index (χ2n) is 6.03. The Hall–Kier alpha value is -2.24. The van der Waals surface area contributed by atoms with Crippen LogP contribution >= 0.6 is 0 Å². The molecular weight excluding hydrogens is 304 g/mol. The SMILES string of the molecule is O=C(O)CCc1ccc(-c2ccc(CN3CCOCC3)cn2)cc1. The minimum Gasteiger partial charge on any atom is -0.481 e. The molecule has 1 saturated heterocycles. The highest BCUT2D eigenvalue weighted by molar-refractivity contribution is 5.67. The average molecular weight is 326 g/mol. The fourth-order valence-electron chi connectivity index (χ4n) is 2.80. The van der Waals surface area contributed by atoms with E-state index in [4.69, 9.17) is 9.84 Å². The van der Waals surface area contributed by atoms with Gasteiger partial charge in [-0.25, -0.2) is 0 Å². The second kappa shape index (κ2) is 8.04. The van der Waals surface area contributed by atoms with Crippen molar-refractivity contribution < 1.29 is 14.6 Å². The molecule has 3 rings (SSSR count). The lowest BCUT2D eigenvalue weighted by Crippen LogP contribution is -2.35. The van der Waals surface area contributed by atoms with Gasteiger partial charge in [-0.2, -0.15) is 0 Å². The van der Waals surface area contributed by atoms with Crippen molar-refractivity contribution in [1.29, 1.82) is 0 Å². The molecule has 5 nitrogen and oxygen atoms in total. The summed E-state index contributed by atoms with van der Waals surface area (Å²) in [7, 11) is 0. The first-order chi connectivity index (χ1) is 11.7. The van der Waals surface area contributed by atoms with E-state index >= 15 is 0 Å². The summed E-state index contributed by atoms with van der Waals surface area (Å²) in [5, 5.41) is 8.73. The number of carboxylic acids is 1. The number of carbonyl (C=O) groups is 1. The van der Waals surface area contributed by atoms with E-state index in [1.807, 2.05) is 36.5 Å². The van der Waals surface area contributed by atoms with E-state index in [9.17, 15) is 4.79 Å². The zero-order valence-corrected chi connectivity index (χ0v) is 13.6. The summed E-state index contributed by atoms with van der Waals surface area (Å²) >= 11 is 0. The molecule has 1 aromatic heterocycles. The third-order valence-electron chi connectivity index (χ3n) is 4.21. The Balaban J connectivity index is 1.61.